The van der Waals surface area contributed by atoms with E-state index in [0.29, 0.717) is 33.1 Å². The first-order chi connectivity index (χ1) is 18.9. The van der Waals surface area contributed by atoms with Crippen LogP contribution >= 0.6 is 23.4 Å². The van der Waals surface area contributed by atoms with Gasteiger partial charge in [-0.25, -0.2) is 0 Å². The highest BCUT2D eigenvalue weighted by Gasteiger charge is 2.16. The van der Waals surface area contributed by atoms with E-state index in [1.165, 1.54) is 11.8 Å². The molecule has 4 aromatic carbocycles. The van der Waals surface area contributed by atoms with Crippen LogP contribution in [0.3, 0.4) is 0 Å². The van der Waals surface area contributed by atoms with Gasteiger partial charge in [-0.1, -0.05) is 60.1 Å². The monoisotopic (exact) mass is 556 g/mol. The number of ketones is 1. The molecule has 6 nitrogen and oxygen atoms in total. The molecule has 0 aliphatic heterocycles. The molecule has 0 bridgehead atoms. The van der Waals surface area contributed by atoms with E-state index in [1.807, 2.05) is 12.1 Å². The average molecular weight is 557 g/mol. The zero-order valence-electron chi connectivity index (χ0n) is 21.0. The first-order valence-electron chi connectivity index (χ1n) is 12.0. The van der Waals surface area contributed by atoms with Crippen LogP contribution in [-0.4, -0.2) is 30.5 Å². The molecule has 8 heteroatoms. The number of ether oxygens (including phenoxy) is 1. The molecule has 2 N–H and O–H groups in total. The number of rotatable bonds is 10. The highest BCUT2D eigenvalue weighted by molar-refractivity contribution is 8.00. The SMILES string of the molecule is COc1cccc(/C=C(\NC(=O)c2ccccc2)C(=O)Nc2cccc(SCC(=O)c3ccccc3Cl)c2)c1. The van der Waals surface area contributed by atoms with E-state index >= 15 is 0 Å². The highest BCUT2D eigenvalue weighted by Crippen LogP contribution is 2.25. The third kappa shape index (κ3) is 7.83. The molecule has 0 aromatic heterocycles. The minimum atomic E-state index is -0.503. The maximum Gasteiger partial charge on any atom is 0.272 e. The van der Waals surface area contributed by atoms with Gasteiger partial charge in [-0.15, -0.1) is 11.8 Å². The molecule has 4 rings (SSSR count). The minimum Gasteiger partial charge on any atom is -0.497 e. The molecule has 39 heavy (non-hydrogen) atoms. The number of Topliss-reactive ketones (excluding diaryl/α,β-unsaturated/α-hetero) is 1. The van der Waals surface area contributed by atoms with Gasteiger partial charge in [-0.05, 0) is 66.2 Å². The smallest absolute Gasteiger partial charge is 0.272 e. The van der Waals surface area contributed by atoms with Crippen molar-refractivity contribution in [3.05, 3.63) is 131 Å². The quantitative estimate of drug-likeness (QED) is 0.128. The second-order valence-corrected chi connectivity index (χ2v) is 9.78. The fourth-order valence-electron chi connectivity index (χ4n) is 3.62. The summed E-state index contributed by atoms with van der Waals surface area (Å²) >= 11 is 7.48. The minimum absolute atomic E-state index is 0.0593. The van der Waals surface area contributed by atoms with Gasteiger partial charge in [0.1, 0.15) is 11.4 Å². The van der Waals surface area contributed by atoms with Crippen LogP contribution in [0.15, 0.2) is 114 Å². The lowest BCUT2D eigenvalue weighted by molar-refractivity contribution is -0.113. The predicted molar refractivity (Wildman–Crippen MR) is 156 cm³/mol. The summed E-state index contributed by atoms with van der Waals surface area (Å²) < 4.78 is 5.28. The topological polar surface area (TPSA) is 84.5 Å². The fourth-order valence-corrected chi connectivity index (χ4v) is 4.70. The second kappa shape index (κ2) is 13.5. The Bertz CT molecular complexity index is 1520. The van der Waals surface area contributed by atoms with Crippen molar-refractivity contribution in [3.8, 4) is 5.75 Å². The number of thioether (sulfide) groups is 1. The average Bonchev–Trinajstić information content (AvgIpc) is 2.96. The van der Waals surface area contributed by atoms with Crippen LogP contribution in [0, 0.1) is 0 Å². The van der Waals surface area contributed by atoms with Gasteiger partial charge in [0.15, 0.2) is 5.78 Å². The normalized spacial score (nSPS) is 11.0. The summed E-state index contributed by atoms with van der Waals surface area (Å²) in [6.45, 7) is 0. The van der Waals surface area contributed by atoms with Gasteiger partial charge in [0.25, 0.3) is 11.8 Å². The van der Waals surface area contributed by atoms with Crippen molar-refractivity contribution in [2.24, 2.45) is 0 Å². The maximum absolute atomic E-state index is 13.3. The summed E-state index contributed by atoms with van der Waals surface area (Å²) in [5, 5.41) is 5.98. The molecular formula is C31H25ClN2O4S. The van der Waals surface area contributed by atoms with Crippen LogP contribution in [0.2, 0.25) is 5.02 Å². The van der Waals surface area contributed by atoms with Crippen LogP contribution in [-0.2, 0) is 4.79 Å². The maximum atomic E-state index is 13.3. The Hall–Kier alpha value is -4.33. The molecule has 2 amide bonds. The van der Waals surface area contributed by atoms with Gasteiger partial charge >= 0.3 is 0 Å². The molecule has 0 saturated carbocycles. The third-order valence-electron chi connectivity index (χ3n) is 5.57. The molecule has 0 fully saturated rings. The molecular weight excluding hydrogens is 532 g/mol. The first-order valence-corrected chi connectivity index (χ1v) is 13.3. The molecule has 4 aromatic rings. The van der Waals surface area contributed by atoms with E-state index in [4.69, 9.17) is 16.3 Å². The van der Waals surface area contributed by atoms with E-state index < -0.39 is 11.8 Å². The number of methoxy groups -OCH3 is 1. The summed E-state index contributed by atoms with van der Waals surface area (Å²) in [4.78, 5) is 39.6. The van der Waals surface area contributed by atoms with Gasteiger partial charge in [0.05, 0.1) is 17.9 Å². The number of anilines is 1. The number of nitrogens with one attached hydrogen (secondary N) is 2. The standard InChI is InChI=1S/C31H25ClN2O4S/c1-38-24-13-7-9-21(17-24)18-28(34-30(36)22-10-3-2-4-11-22)31(37)33-23-12-8-14-25(19-23)39-20-29(35)26-15-5-6-16-27(26)32/h2-19H,20H2,1H3,(H,33,37)(H,34,36)/b28-18-. The molecule has 196 valence electrons. The van der Waals surface area contributed by atoms with Crippen molar-refractivity contribution in [1.29, 1.82) is 0 Å². The number of carbonyl (C=O) groups is 3. The van der Waals surface area contributed by atoms with Crippen LogP contribution in [0.4, 0.5) is 5.69 Å². The molecule has 0 unspecified atom stereocenters. The lowest BCUT2D eigenvalue weighted by Gasteiger charge is -2.12. The first kappa shape index (κ1) is 27.7. The Morgan fingerprint density at radius 3 is 2.38 bits per heavy atom. The number of amides is 2. The van der Waals surface area contributed by atoms with E-state index in [9.17, 15) is 14.4 Å². The number of carbonyl (C=O) groups excluding carboxylic acids is 3. The third-order valence-corrected chi connectivity index (χ3v) is 6.89. The summed E-state index contributed by atoms with van der Waals surface area (Å²) in [6, 6.07) is 29.9. The van der Waals surface area contributed by atoms with Gasteiger partial charge < -0.3 is 15.4 Å². The Morgan fingerprint density at radius 1 is 0.872 bits per heavy atom. The Labute approximate surface area is 236 Å². The molecule has 0 aliphatic rings. The van der Waals surface area contributed by atoms with Crippen molar-refractivity contribution < 1.29 is 19.1 Å². The summed E-state index contributed by atoms with van der Waals surface area (Å²) in [5.41, 5.74) is 2.14. The van der Waals surface area contributed by atoms with Crippen LogP contribution in [0.1, 0.15) is 26.3 Å². The summed E-state index contributed by atoms with van der Waals surface area (Å²) in [7, 11) is 1.56. The summed E-state index contributed by atoms with van der Waals surface area (Å²) in [5.74, 6) is -0.199. The van der Waals surface area contributed by atoms with Crippen LogP contribution in [0.25, 0.3) is 6.08 Å². The van der Waals surface area contributed by atoms with Crippen molar-refractivity contribution >= 4 is 52.7 Å². The second-order valence-electron chi connectivity index (χ2n) is 8.33. The van der Waals surface area contributed by atoms with Crippen LogP contribution in [0.5, 0.6) is 5.75 Å². The van der Waals surface area contributed by atoms with Gasteiger partial charge in [0.2, 0.25) is 0 Å². The summed E-state index contributed by atoms with van der Waals surface area (Å²) in [6.07, 6.45) is 1.58. The Kier molecular flexibility index (Phi) is 9.56. The lowest BCUT2D eigenvalue weighted by Crippen LogP contribution is -2.30. The number of halogens is 1. The largest absolute Gasteiger partial charge is 0.497 e. The molecule has 0 atom stereocenters. The van der Waals surface area contributed by atoms with Gasteiger partial charge in [-0.2, -0.15) is 0 Å². The number of hydrogen-bond acceptors (Lipinski definition) is 5. The molecule has 0 heterocycles. The van der Waals surface area contributed by atoms with Gasteiger partial charge in [0, 0.05) is 21.7 Å². The molecule has 0 saturated heterocycles. The lowest BCUT2D eigenvalue weighted by atomic mass is 10.1. The van der Waals surface area contributed by atoms with Crippen molar-refractivity contribution in [2.45, 2.75) is 4.90 Å². The Balaban J connectivity index is 1.51. The van der Waals surface area contributed by atoms with E-state index in [2.05, 4.69) is 10.6 Å². The van der Waals surface area contributed by atoms with Crippen molar-refractivity contribution in [2.75, 3.05) is 18.2 Å². The molecule has 0 radical (unpaired) electrons. The van der Waals surface area contributed by atoms with Crippen molar-refractivity contribution in [3.63, 3.8) is 0 Å². The fraction of sp³-hybridized carbons (Fsp3) is 0.0645. The Morgan fingerprint density at radius 2 is 1.62 bits per heavy atom. The van der Waals surface area contributed by atoms with Crippen LogP contribution < -0.4 is 15.4 Å². The number of benzene rings is 4. The zero-order chi connectivity index (χ0) is 27.6. The van der Waals surface area contributed by atoms with Gasteiger partial charge in [-0.3, -0.25) is 14.4 Å². The predicted octanol–water partition coefficient (Wildman–Crippen LogP) is 6.73. The number of hydrogen-bond donors (Lipinski definition) is 2. The van der Waals surface area contributed by atoms with E-state index in [1.54, 1.807) is 104 Å². The molecule has 0 spiro atoms. The van der Waals surface area contributed by atoms with Crippen molar-refractivity contribution in [1.82, 2.24) is 5.32 Å². The van der Waals surface area contributed by atoms with E-state index in [-0.39, 0.29) is 17.2 Å². The zero-order valence-corrected chi connectivity index (χ0v) is 22.6. The van der Waals surface area contributed by atoms with E-state index in [0.717, 1.165) is 4.90 Å². The highest BCUT2D eigenvalue weighted by atomic mass is 35.5. The molecule has 0 aliphatic carbocycles.